The molecule has 0 saturated heterocycles. The number of pyridine rings is 2. The van der Waals surface area contributed by atoms with E-state index in [1.165, 1.54) is 44.5 Å². The van der Waals surface area contributed by atoms with Crippen molar-refractivity contribution in [3.63, 3.8) is 0 Å². The second-order valence-corrected chi connectivity index (χ2v) is 11.1. The Bertz CT molecular complexity index is 2330. The number of imidazole rings is 1. The van der Waals surface area contributed by atoms with Gasteiger partial charge in [-0.2, -0.15) is 0 Å². The molecule has 0 unspecified atom stereocenters. The highest BCUT2D eigenvalue weighted by Gasteiger charge is 2.19. The predicted molar refractivity (Wildman–Crippen MR) is 173 cm³/mol. The summed E-state index contributed by atoms with van der Waals surface area (Å²) >= 11 is 0. The van der Waals surface area contributed by atoms with Crippen molar-refractivity contribution >= 4 is 27.6 Å². The summed E-state index contributed by atoms with van der Waals surface area (Å²) in [5, 5.41) is 1.07. The van der Waals surface area contributed by atoms with Crippen LogP contribution in [0.3, 0.4) is 0 Å². The van der Waals surface area contributed by atoms with Gasteiger partial charge in [0.05, 0.1) is 16.7 Å². The fraction of sp³-hybridized carbons (Fsp3) is 0.0256. The van der Waals surface area contributed by atoms with Gasteiger partial charge in [0.1, 0.15) is 11.2 Å². The highest BCUT2D eigenvalue weighted by Crippen LogP contribution is 2.39. The molecule has 42 heavy (non-hydrogen) atoms. The summed E-state index contributed by atoms with van der Waals surface area (Å²) in [6.45, 7) is 0. The van der Waals surface area contributed by atoms with Gasteiger partial charge < -0.3 is 0 Å². The number of benzene rings is 5. The molecule has 1 aliphatic carbocycles. The Labute approximate surface area is 243 Å². The summed E-state index contributed by atoms with van der Waals surface area (Å²) in [6, 6.07) is 47.7. The Morgan fingerprint density at radius 1 is 0.500 bits per heavy atom. The number of para-hydroxylation sites is 1. The molecule has 9 rings (SSSR count). The Morgan fingerprint density at radius 2 is 1.21 bits per heavy atom. The molecule has 0 aliphatic heterocycles. The van der Waals surface area contributed by atoms with E-state index in [9.17, 15) is 0 Å². The lowest BCUT2D eigenvalue weighted by Gasteiger charge is -2.10. The first-order valence-electron chi connectivity index (χ1n) is 14.4. The smallest absolute Gasteiger partial charge is 0.137 e. The molecule has 5 aromatic carbocycles. The van der Waals surface area contributed by atoms with E-state index in [1.807, 2.05) is 18.2 Å². The van der Waals surface area contributed by atoms with E-state index in [2.05, 4.69) is 126 Å². The predicted octanol–water partition coefficient (Wildman–Crippen LogP) is 9.61. The number of rotatable bonds is 3. The van der Waals surface area contributed by atoms with Crippen LogP contribution in [0.2, 0.25) is 0 Å². The summed E-state index contributed by atoms with van der Waals surface area (Å²) in [7, 11) is 0. The minimum absolute atomic E-state index is 0.925. The Morgan fingerprint density at radius 3 is 2.12 bits per heavy atom. The van der Waals surface area contributed by atoms with E-state index in [1.54, 1.807) is 0 Å². The zero-order chi connectivity index (χ0) is 27.6. The molecule has 3 heteroatoms. The third-order valence-corrected chi connectivity index (χ3v) is 8.63. The van der Waals surface area contributed by atoms with Crippen LogP contribution in [-0.4, -0.2) is 14.4 Å². The molecule has 0 spiro atoms. The number of hydrogen-bond donors (Lipinski definition) is 0. The fourth-order valence-electron chi connectivity index (χ4n) is 6.56. The zero-order valence-electron chi connectivity index (χ0n) is 22.8. The molecular formula is C39H25N3. The van der Waals surface area contributed by atoms with Crippen molar-refractivity contribution in [2.75, 3.05) is 0 Å². The minimum atomic E-state index is 0.925. The van der Waals surface area contributed by atoms with Gasteiger partial charge in [-0.3, -0.25) is 4.40 Å². The average molecular weight is 536 g/mol. The van der Waals surface area contributed by atoms with Gasteiger partial charge in [-0.05, 0) is 81.3 Å². The molecule has 3 heterocycles. The molecule has 3 aromatic heterocycles. The highest BCUT2D eigenvalue weighted by molar-refractivity contribution is 6.09. The first-order valence-corrected chi connectivity index (χ1v) is 14.4. The molecule has 196 valence electrons. The van der Waals surface area contributed by atoms with Crippen LogP contribution in [-0.2, 0) is 6.42 Å². The van der Waals surface area contributed by atoms with E-state index >= 15 is 0 Å². The third-order valence-electron chi connectivity index (χ3n) is 8.63. The molecular weight excluding hydrogens is 510 g/mol. The molecule has 0 radical (unpaired) electrons. The number of aromatic nitrogens is 3. The molecule has 3 nitrogen and oxygen atoms in total. The van der Waals surface area contributed by atoms with Gasteiger partial charge in [-0.15, -0.1) is 0 Å². The molecule has 0 saturated carbocycles. The van der Waals surface area contributed by atoms with Crippen LogP contribution in [0.25, 0.3) is 72.2 Å². The van der Waals surface area contributed by atoms with Crippen LogP contribution in [0, 0.1) is 0 Å². The van der Waals surface area contributed by atoms with Crippen LogP contribution in [0.4, 0.5) is 0 Å². The largest absolute Gasteiger partial charge is 0.298 e. The van der Waals surface area contributed by atoms with Crippen LogP contribution >= 0.6 is 0 Å². The molecule has 1 aliphatic rings. The first-order chi connectivity index (χ1) is 20.8. The van der Waals surface area contributed by atoms with Gasteiger partial charge in [-0.25, -0.2) is 9.97 Å². The van der Waals surface area contributed by atoms with Crippen molar-refractivity contribution in [2.24, 2.45) is 0 Å². The van der Waals surface area contributed by atoms with Crippen molar-refractivity contribution in [3.8, 4) is 44.6 Å². The molecule has 0 fully saturated rings. The summed E-state index contributed by atoms with van der Waals surface area (Å²) in [4.78, 5) is 10.2. The van der Waals surface area contributed by atoms with Crippen LogP contribution in [0.15, 0.2) is 140 Å². The first kappa shape index (κ1) is 23.2. The van der Waals surface area contributed by atoms with E-state index < -0.39 is 0 Å². The summed E-state index contributed by atoms with van der Waals surface area (Å²) in [5.41, 5.74) is 16.3. The van der Waals surface area contributed by atoms with Gasteiger partial charge in [0, 0.05) is 17.1 Å². The van der Waals surface area contributed by atoms with Crippen LogP contribution in [0.1, 0.15) is 11.1 Å². The second-order valence-electron chi connectivity index (χ2n) is 11.1. The Kier molecular flexibility index (Phi) is 4.96. The van der Waals surface area contributed by atoms with Gasteiger partial charge in [-0.1, -0.05) is 103 Å². The normalized spacial score (nSPS) is 12.2. The van der Waals surface area contributed by atoms with Crippen molar-refractivity contribution in [1.82, 2.24) is 14.4 Å². The maximum atomic E-state index is 5.17. The maximum absolute atomic E-state index is 5.17. The molecule has 0 atom stereocenters. The van der Waals surface area contributed by atoms with Gasteiger partial charge in [0.15, 0.2) is 0 Å². The van der Waals surface area contributed by atoms with Crippen LogP contribution < -0.4 is 0 Å². The molecule has 8 aromatic rings. The standard InChI is InChI=1S/C39H25N3/c1-2-11-32-29(8-1)23-30-20-19-28(24-34(30)32)26-17-15-25(16-18-26)27-9-7-10-31(22-27)37-39-38(33-12-3-4-13-35(33)40-37)41-36-14-5-6-21-42(36)39/h1-22,24H,23H2. The average Bonchev–Trinajstić information content (AvgIpc) is 3.63. The second kappa shape index (κ2) is 8.98. The number of hydrogen-bond acceptors (Lipinski definition) is 2. The Hall–Kier alpha value is -5.54. The Balaban J connectivity index is 1.13. The molecule has 0 bridgehead atoms. The maximum Gasteiger partial charge on any atom is 0.137 e. The molecule has 0 N–H and O–H groups in total. The summed E-state index contributed by atoms with van der Waals surface area (Å²) < 4.78 is 2.15. The lowest BCUT2D eigenvalue weighted by Crippen LogP contribution is -1.92. The van der Waals surface area contributed by atoms with Crippen molar-refractivity contribution < 1.29 is 0 Å². The topological polar surface area (TPSA) is 30.2 Å². The van der Waals surface area contributed by atoms with Crippen molar-refractivity contribution in [2.45, 2.75) is 6.42 Å². The van der Waals surface area contributed by atoms with E-state index in [0.717, 1.165) is 45.3 Å². The number of nitrogens with zero attached hydrogens (tertiary/aromatic N) is 3. The number of fused-ring (bicyclic) bond motifs is 8. The minimum Gasteiger partial charge on any atom is -0.298 e. The van der Waals surface area contributed by atoms with Crippen molar-refractivity contribution in [3.05, 3.63) is 151 Å². The van der Waals surface area contributed by atoms with E-state index in [-0.39, 0.29) is 0 Å². The van der Waals surface area contributed by atoms with E-state index in [4.69, 9.17) is 9.97 Å². The monoisotopic (exact) mass is 535 g/mol. The van der Waals surface area contributed by atoms with Gasteiger partial charge in [0.2, 0.25) is 0 Å². The SMILES string of the molecule is c1cc(-c2ccc(-c3ccc4c(c3)-c3ccccc3C4)cc2)cc(-c2nc3ccccc3c3nc4ccccn4c23)c1. The highest BCUT2D eigenvalue weighted by atomic mass is 15.0. The van der Waals surface area contributed by atoms with Gasteiger partial charge >= 0.3 is 0 Å². The third kappa shape index (κ3) is 3.54. The molecule has 0 amide bonds. The summed E-state index contributed by atoms with van der Waals surface area (Å²) in [6.07, 6.45) is 3.10. The van der Waals surface area contributed by atoms with Crippen molar-refractivity contribution in [1.29, 1.82) is 0 Å². The lowest BCUT2D eigenvalue weighted by molar-refractivity contribution is 1.22. The summed E-state index contributed by atoms with van der Waals surface area (Å²) in [5.74, 6) is 0. The zero-order valence-corrected chi connectivity index (χ0v) is 22.8. The fourth-order valence-corrected chi connectivity index (χ4v) is 6.56. The van der Waals surface area contributed by atoms with Crippen LogP contribution in [0.5, 0.6) is 0 Å². The quantitative estimate of drug-likeness (QED) is 0.225. The van der Waals surface area contributed by atoms with Gasteiger partial charge in [0.25, 0.3) is 0 Å². The lowest BCUT2D eigenvalue weighted by atomic mass is 9.96. The van der Waals surface area contributed by atoms with E-state index in [0.29, 0.717) is 0 Å².